The Hall–Kier alpha value is -4.45. The summed E-state index contributed by atoms with van der Waals surface area (Å²) in [5.41, 5.74) is 1.67. The van der Waals surface area contributed by atoms with Crippen molar-refractivity contribution < 1.29 is 23.8 Å². The monoisotopic (exact) mass is 467 g/mol. The fraction of sp³-hybridized carbons (Fsp3) is 0.103. The number of ether oxygens (including phenoxy) is 1. The smallest absolute Gasteiger partial charge is 0.300 e. The number of Topliss-reactive ketones (excluding diaryl/α,β-unsaturated/α-hetero) is 1. The number of ketones is 1. The molecule has 174 valence electrons. The molecule has 1 amide bonds. The molecular weight excluding hydrogens is 445 g/mol. The van der Waals surface area contributed by atoms with Crippen molar-refractivity contribution in [1.82, 2.24) is 0 Å². The van der Waals surface area contributed by atoms with Gasteiger partial charge in [-0.2, -0.15) is 0 Å². The molecule has 1 unspecified atom stereocenters. The van der Waals surface area contributed by atoms with Crippen LogP contribution >= 0.6 is 0 Å². The fourth-order valence-corrected chi connectivity index (χ4v) is 4.59. The lowest BCUT2D eigenvalue weighted by Crippen LogP contribution is -2.29. The molecule has 6 heteroatoms. The zero-order chi connectivity index (χ0) is 24.7. The Morgan fingerprint density at radius 3 is 2.46 bits per heavy atom. The summed E-state index contributed by atoms with van der Waals surface area (Å²) in [5, 5.41) is 13.1. The normalized spacial score (nSPS) is 17.2. The Bertz CT molecular complexity index is 1520. The summed E-state index contributed by atoms with van der Waals surface area (Å²) in [7, 11) is 1.52. The molecule has 0 radical (unpaired) electrons. The number of methoxy groups -OCH3 is 1. The van der Waals surface area contributed by atoms with Crippen LogP contribution in [0, 0.1) is 12.7 Å². The summed E-state index contributed by atoms with van der Waals surface area (Å²) in [6.45, 7) is 1.57. The maximum Gasteiger partial charge on any atom is 0.300 e. The van der Waals surface area contributed by atoms with Crippen LogP contribution in [-0.4, -0.2) is 23.9 Å². The number of aryl methyl sites for hydroxylation is 1. The van der Waals surface area contributed by atoms with Gasteiger partial charge in [0.1, 0.15) is 17.3 Å². The van der Waals surface area contributed by atoms with E-state index in [9.17, 15) is 19.1 Å². The van der Waals surface area contributed by atoms with Crippen LogP contribution in [0.3, 0.4) is 0 Å². The van der Waals surface area contributed by atoms with Gasteiger partial charge in [0.25, 0.3) is 11.7 Å². The van der Waals surface area contributed by atoms with E-state index in [4.69, 9.17) is 4.74 Å². The number of aliphatic hydroxyl groups is 1. The van der Waals surface area contributed by atoms with E-state index in [1.54, 1.807) is 31.2 Å². The minimum absolute atomic E-state index is 0.0554. The van der Waals surface area contributed by atoms with E-state index in [0.29, 0.717) is 22.6 Å². The van der Waals surface area contributed by atoms with Gasteiger partial charge in [-0.15, -0.1) is 0 Å². The Balaban J connectivity index is 1.81. The molecule has 1 atom stereocenters. The van der Waals surface area contributed by atoms with Crippen molar-refractivity contribution in [3.05, 3.63) is 113 Å². The molecule has 0 aromatic heterocycles. The third-order valence-electron chi connectivity index (χ3n) is 6.33. The number of hydrogen-bond acceptors (Lipinski definition) is 4. The SMILES string of the molecule is COc1cccc(N2C(=O)C(=O)/C(=C(\O)c3ccc(F)c(C)c3)C2c2cccc3ccccc23)c1. The fourth-order valence-electron chi connectivity index (χ4n) is 4.59. The molecule has 0 spiro atoms. The standard InChI is InChI=1S/C29H22FNO4/c1-17-15-19(13-14-24(17)30)27(32)25-26(23-12-5-8-18-7-3-4-11-22(18)23)31(29(34)28(25)33)20-9-6-10-21(16-20)35-2/h3-16,26,32H,1-2H3/b27-25-. The number of rotatable bonds is 4. The van der Waals surface area contributed by atoms with Gasteiger partial charge < -0.3 is 9.84 Å². The highest BCUT2D eigenvalue weighted by Crippen LogP contribution is 2.44. The van der Waals surface area contributed by atoms with Gasteiger partial charge in [-0.25, -0.2) is 4.39 Å². The summed E-state index contributed by atoms with van der Waals surface area (Å²) < 4.78 is 19.2. The van der Waals surface area contributed by atoms with Gasteiger partial charge in [-0.3, -0.25) is 14.5 Å². The minimum atomic E-state index is -0.904. The van der Waals surface area contributed by atoms with Gasteiger partial charge in [-0.05, 0) is 59.2 Å². The van der Waals surface area contributed by atoms with Crippen LogP contribution in [0.15, 0.2) is 90.5 Å². The predicted molar refractivity (Wildman–Crippen MR) is 133 cm³/mol. The second kappa shape index (κ2) is 8.72. The lowest BCUT2D eigenvalue weighted by atomic mass is 9.91. The van der Waals surface area contributed by atoms with E-state index in [2.05, 4.69) is 0 Å². The van der Waals surface area contributed by atoms with Crippen LogP contribution in [-0.2, 0) is 9.59 Å². The summed E-state index contributed by atoms with van der Waals surface area (Å²) in [6.07, 6.45) is 0. The molecule has 5 nitrogen and oxygen atoms in total. The number of halogens is 1. The highest BCUT2D eigenvalue weighted by atomic mass is 19.1. The van der Waals surface area contributed by atoms with Gasteiger partial charge in [-0.1, -0.05) is 48.5 Å². The van der Waals surface area contributed by atoms with Crippen LogP contribution in [0.4, 0.5) is 10.1 Å². The highest BCUT2D eigenvalue weighted by Gasteiger charge is 2.47. The molecule has 1 aliphatic rings. The van der Waals surface area contributed by atoms with E-state index in [0.717, 1.165) is 10.8 Å². The van der Waals surface area contributed by atoms with E-state index in [-0.39, 0.29) is 16.9 Å². The van der Waals surface area contributed by atoms with Crippen LogP contribution in [0.25, 0.3) is 16.5 Å². The lowest BCUT2D eigenvalue weighted by Gasteiger charge is -2.26. The Kier molecular flexibility index (Phi) is 5.57. The zero-order valence-electron chi connectivity index (χ0n) is 19.2. The average molecular weight is 467 g/mol. The van der Waals surface area contributed by atoms with E-state index < -0.39 is 23.5 Å². The molecule has 1 aliphatic heterocycles. The Morgan fingerprint density at radius 2 is 1.69 bits per heavy atom. The molecule has 4 aromatic carbocycles. The topological polar surface area (TPSA) is 66.8 Å². The molecule has 35 heavy (non-hydrogen) atoms. The maximum absolute atomic E-state index is 13.9. The Morgan fingerprint density at radius 1 is 0.943 bits per heavy atom. The van der Waals surface area contributed by atoms with Gasteiger partial charge in [0, 0.05) is 17.3 Å². The van der Waals surface area contributed by atoms with Crippen molar-refractivity contribution in [3.63, 3.8) is 0 Å². The minimum Gasteiger partial charge on any atom is -0.507 e. The number of carbonyl (C=O) groups is 2. The molecule has 4 aromatic rings. The number of benzene rings is 4. The summed E-state index contributed by atoms with van der Waals surface area (Å²) in [6, 6.07) is 23.3. The third kappa shape index (κ3) is 3.73. The van der Waals surface area contributed by atoms with Gasteiger partial charge in [0.15, 0.2) is 0 Å². The first kappa shape index (κ1) is 22.3. The number of aliphatic hydroxyl groups excluding tert-OH is 1. The largest absolute Gasteiger partial charge is 0.507 e. The van der Waals surface area contributed by atoms with Gasteiger partial charge in [0.2, 0.25) is 0 Å². The van der Waals surface area contributed by atoms with E-state index >= 15 is 0 Å². The number of nitrogens with zero attached hydrogens (tertiary/aromatic N) is 1. The summed E-state index contributed by atoms with van der Waals surface area (Å²) in [5.74, 6) is -1.84. The molecule has 1 saturated heterocycles. The molecule has 0 bridgehead atoms. The van der Waals surface area contributed by atoms with Crippen molar-refractivity contribution in [3.8, 4) is 5.75 Å². The first-order valence-electron chi connectivity index (χ1n) is 11.1. The predicted octanol–water partition coefficient (Wildman–Crippen LogP) is 5.92. The van der Waals surface area contributed by atoms with E-state index in [1.807, 2.05) is 42.5 Å². The van der Waals surface area contributed by atoms with Crippen LogP contribution in [0.1, 0.15) is 22.7 Å². The number of hydrogen-bond donors (Lipinski definition) is 1. The number of amides is 1. The molecule has 1 heterocycles. The van der Waals surface area contributed by atoms with Crippen molar-refractivity contribution in [2.45, 2.75) is 13.0 Å². The maximum atomic E-state index is 13.9. The van der Waals surface area contributed by atoms with Crippen molar-refractivity contribution in [2.75, 3.05) is 12.0 Å². The summed E-state index contributed by atoms with van der Waals surface area (Å²) in [4.78, 5) is 28.2. The van der Waals surface area contributed by atoms with Gasteiger partial charge in [0.05, 0.1) is 18.7 Å². The average Bonchev–Trinajstić information content (AvgIpc) is 3.15. The van der Waals surface area contributed by atoms with Crippen LogP contribution < -0.4 is 9.64 Å². The number of carbonyl (C=O) groups excluding carboxylic acids is 2. The van der Waals surface area contributed by atoms with Crippen molar-refractivity contribution >= 4 is 33.9 Å². The highest BCUT2D eigenvalue weighted by molar-refractivity contribution is 6.52. The third-order valence-corrected chi connectivity index (χ3v) is 6.33. The van der Waals surface area contributed by atoms with Crippen molar-refractivity contribution in [1.29, 1.82) is 0 Å². The first-order chi connectivity index (χ1) is 16.9. The molecule has 0 aliphatic carbocycles. The lowest BCUT2D eigenvalue weighted by molar-refractivity contribution is -0.132. The molecule has 1 fully saturated rings. The van der Waals surface area contributed by atoms with Gasteiger partial charge >= 0.3 is 0 Å². The van der Waals surface area contributed by atoms with E-state index in [1.165, 1.54) is 30.2 Å². The molecular formula is C29H22FNO4. The Labute approximate surface area is 201 Å². The van der Waals surface area contributed by atoms with Crippen LogP contribution in [0.5, 0.6) is 5.75 Å². The number of anilines is 1. The first-order valence-corrected chi connectivity index (χ1v) is 11.1. The molecule has 0 saturated carbocycles. The quantitative estimate of drug-likeness (QED) is 0.230. The second-order valence-electron chi connectivity index (χ2n) is 8.40. The van der Waals surface area contributed by atoms with Crippen molar-refractivity contribution in [2.24, 2.45) is 0 Å². The van der Waals surface area contributed by atoms with Crippen LogP contribution in [0.2, 0.25) is 0 Å². The second-order valence-corrected chi connectivity index (χ2v) is 8.40. The molecule has 1 N–H and O–H groups in total. The summed E-state index contributed by atoms with van der Waals surface area (Å²) >= 11 is 0. The molecule has 5 rings (SSSR count). The number of fused-ring (bicyclic) bond motifs is 1. The zero-order valence-corrected chi connectivity index (χ0v) is 19.2.